The highest BCUT2D eigenvalue weighted by molar-refractivity contribution is 5.89. The van der Waals surface area contributed by atoms with Crippen molar-refractivity contribution in [3.63, 3.8) is 0 Å². The van der Waals surface area contributed by atoms with Crippen LogP contribution in [0.25, 0.3) is 10.8 Å². The van der Waals surface area contributed by atoms with Gasteiger partial charge in [-0.2, -0.15) is 0 Å². The number of esters is 1. The summed E-state index contributed by atoms with van der Waals surface area (Å²) in [7, 11) is 0. The number of aliphatic hydroxyl groups excluding tert-OH is 1. The number of aryl methyl sites for hydroxylation is 2. The van der Waals surface area contributed by atoms with Crippen molar-refractivity contribution in [1.82, 2.24) is 10.2 Å². The maximum absolute atomic E-state index is 13.5. The van der Waals surface area contributed by atoms with Crippen LogP contribution in [0, 0.1) is 5.92 Å². The molecule has 1 unspecified atom stereocenters. The summed E-state index contributed by atoms with van der Waals surface area (Å²) in [6.45, 7) is 3.56. The van der Waals surface area contributed by atoms with Gasteiger partial charge < -0.3 is 25.2 Å². The van der Waals surface area contributed by atoms with Crippen molar-refractivity contribution in [2.75, 3.05) is 13.1 Å². The van der Waals surface area contributed by atoms with Gasteiger partial charge in [0.25, 0.3) is 0 Å². The number of ether oxygens (including phenoxy) is 1. The highest BCUT2D eigenvalue weighted by Gasteiger charge is 2.29. The van der Waals surface area contributed by atoms with Gasteiger partial charge in [-0.25, -0.2) is 14.4 Å². The average Bonchev–Trinajstić information content (AvgIpc) is 3.35. The smallest absolute Gasteiger partial charge is 0.334 e. The highest BCUT2D eigenvalue weighted by atomic mass is 16.5. The van der Waals surface area contributed by atoms with Crippen LogP contribution in [0.2, 0.25) is 0 Å². The first kappa shape index (κ1) is 27.1. The van der Waals surface area contributed by atoms with E-state index in [4.69, 9.17) is 9.84 Å². The molecule has 0 heterocycles. The third kappa shape index (κ3) is 6.69. The number of rotatable bonds is 10. The molecule has 1 aliphatic carbocycles. The molecule has 8 nitrogen and oxygen atoms in total. The van der Waals surface area contributed by atoms with Gasteiger partial charge in [-0.1, -0.05) is 62.4 Å². The summed E-state index contributed by atoms with van der Waals surface area (Å²) in [5.74, 6) is -1.60. The van der Waals surface area contributed by atoms with E-state index in [0.717, 1.165) is 41.2 Å². The van der Waals surface area contributed by atoms with E-state index in [1.54, 1.807) is 6.07 Å². The lowest BCUT2D eigenvalue weighted by Gasteiger charge is -2.28. The third-order valence-electron chi connectivity index (χ3n) is 6.73. The minimum Gasteiger partial charge on any atom is -0.479 e. The molecule has 4 rings (SSSR count). The fourth-order valence-electron chi connectivity index (χ4n) is 4.89. The predicted octanol–water partition coefficient (Wildman–Crippen LogP) is 3.96. The fraction of sp³-hybridized carbons (Fsp3) is 0.367. The number of aliphatic carboxylic acids is 1. The molecule has 200 valence electrons. The zero-order chi connectivity index (χ0) is 27.2. The SMILES string of the molecule is CC(C)CN(CC(O)C(=O)O)C(=O)N[C@@H](Cc1cccc2ccccc12)C(=O)Oc1ccc2c(c1)CCC2. The van der Waals surface area contributed by atoms with Gasteiger partial charge in [0.2, 0.25) is 0 Å². The van der Waals surface area contributed by atoms with E-state index in [1.165, 1.54) is 10.5 Å². The number of nitrogens with zero attached hydrogens (tertiary/aromatic N) is 1. The molecule has 0 spiro atoms. The second-order valence-corrected chi connectivity index (χ2v) is 10.2. The van der Waals surface area contributed by atoms with Crippen LogP contribution in [0.3, 0.4) is 0 Å². The minimum atomic E-state index is -1.74. The normalized spacial score (nSPS) is 14.1. The number of benzene rings is 3. The van der Waals surface area contributed by atoms with E-state index in [1.807, 2.05) is 68.4 Å². The number of amides is 2. The molecule has 0 bridgehead atoms. The van der Waals surface area contributed by atoms with Crippen molar-refractivity contribution >= 4 is 28.7 Å². The van der Waals surface area contributed by atoms with E-state index >= 15 is 0 Å². The summed E-state index contributed by atoms with van der Waals surface area (Å²) in [6.07, 6.45) is 1.45. The maximum Gasteiger partial charge on any atom is 0.334 e. The van der Waals surface area contributed by atoms with Crippen molar-refractivity contribution in [2.24, 2.45) is 5.92 Å². The number of hydrogen-bond acceptors (Lipinski definition) is 5. The molecule has 0 saturated carbocycles. The topological polar surface area (TPSA) is 116 Å². The van der Waals surface area contributed by atoms with Crippen LogP contribution in [0.5, 0.6) is 5.75 Å². The predicted molar refractivity (Wildman–Crippen MR) is 144 cm³/mol. The van der Waals surface area contributed by atoms with E-state index in [-0.39, 0.29) is 18.9 Å². The first-order chi connectivity index (χ1) is 18.2. The van der Waals surface area contributed by atoms with Gasteiger partial charge in [-0.3, -0.25) is 0 Å². The van der Waals surface area contributed by atoms with Crippen LogP contribution in [0.1, 0.15) is 37.0 Å². The zero-order valence-corrected chi connectivity index (χ0v) is 21.7. The Hall–Kier alpha value is -3.91. The first-order valence-electron chi connectivity index (χ1n) is 13.0. The quantitative estimate of drug-likeness (QED) is 0.276. The molecule has 38 heavy (non-hydrogen) atoms. The molecule has 3 aromatic carbocycles. The summed E-state index contributed by atoms with van der Waals surface area (Å²) in [5.41, 5.74) is 3.28. The number of fused-ring (bicyclic) bond motifs is 2. The Morgan fingerprint density at radius 1 is 0.974 bits per heavy atom. The molecule has 1 aliphatic rings. The molecule has 3 N–H and O–H groups in total. The molecule has 8 heteroatoms. The Morgan fingerprint density at radius 3 is 2.47 bits per heavy atom. The average molecular weight is 519 g/mol. The van der Waals surface area contributed by atoms with E-state index in [0.29, 0.717) is 5.75 Å². The second kappa shape index (κ2) is 12.1. The molecular formula is C30H34N2O6. The summed E-state index contributed by atoms with van der Waals surface area (Å²) in [5, 5.41) is 23.8. The van der Waals surface area contributed by atoms with Gasteiger partial charge in [-0.05, 0) is 64.8 Å². The molecule has 2 atom stereocenters. The lowest BCUT2D eigenvalue weighted by molar-refractivity contribution is -0.147. The van der Waals surface area contributed by atoms with Crippen molar-refractivity contribution in [3.05, 3.63) is 77.4 Å². The van der Waals surface area contributed by atoms with Crippen molar-refractivity contribution in [3.8, 4) is 5.75 Å². The number of aliphatic hydroxyl groups is 1. The Morgan fingerprint density at radius 2 is 1.71 bits per heavy atom. The van der Waals surface area contributed by atoms with Gasteiger partial charge in [0.05, 0.1) is 6.54 Å². The first-order valence-corrected chi connectivity index (χ1v) is 13.0. The number of carbonyl (C=O) groups excluding carboxylic acids is 2. The number of carboxylic acids is 1. The van der Waals surface area contributed by atoms with Crippen LogP contribution >= 0.6 is 0 Å². The van der Waals surface area contributed by atoms with Crippen LogP contribution in [0.15, 0.2) is 60.7 Å². The van der Waals surface area contributed by atoms with Gasteiger partial charge in [0.15, 0.2) is 6.10 Å². The lowest BCUT2D eigenvalue weighted by atomic mass is 9.98. The van der Waals surface area contributed by atoms with Gasteiger partial charge >= 0.3 is 18.0 Å². The van der Waals surface area contributed by atoms with Crippen LogP contribution < -0.4 is 10.1 Å². The van der Waals surface area contributed by atoms with E-state index in [2.05, 4.69) is 5.32 Å². The van der Waals surface area contributed by atoms with Crippen LogP contribution in [-0.4, -0.2) is 58.3 Å². The summed E-state index contributed by atoms with van der Waals surface area (Å²) >= 11 is 0. The van der Waals surface area contributed by atoms with Crippen LogP contribution in [0.4, 0.5) is 4.79 Å². The molecule has 3 aromatic rings. The van der Waals surface area contributed by atoms with Crippen molar-refractivity contribution in [1.29, 1.82) is 0 Å². The number of carbonyl (C=O) groups is 3. The third-order valence-corrected chi connectivity index (χ3v) is 6.73. The zero-order valence-electron chi connectivity index (χ0n) is 21.7. The molecule has 0 aliphatic heterocycles. The molecule has 0 aromatic heterocycles. The maximum atomic E-state index is 13.5. The summed E-state index contributed by atoms with van der Waals surface area (Å²) < 4.78 is 5.75. The number of urea groups is 1. The molecule has 2 amide bonds. The summed E-state index contributed by atoms with van der Waals surface area (Å²) in [6, 6.07) is 17.5. The standard InChI is InChI=1S/C30H34N2O6/c1-19(2)17-32(18-27(33)28(34)35)30(37)31-26(16-23-11-6-9-21-7-3-4-12-25(21)23)29(36)38-24-14-13-20-8-5-10-22(20)15-24/h3-4,6-7,9,11-15,19,26-27,33H,5,8,10,16-18H2,1-2H3,(H,31,37)(H,34,35)/t26-,27?/m0/s1. The van der Waals surface area contributed by atoms with Crippen molar-refractivity contribution in [2.45, 2.75) is 51.7 Å². The molecule has 0 fully saturated rings. The monoisotopic (exact) mass is 518 g/mol. The van der Waals surface area contributed by atoms with Crippen molar-refractivity contribution < 1.29 is 29.3 Å². The van der Waals surface area contributed by atoms with Gasteiger partial charge in [0, 0.05) is 13.0 Å². The highest BCUT2D eigenvalue weighted by Crippen LogP contribution is 2.27. The lowest BCUT2D eigenvalue weighted by Crippen LogP contribution is -2.53. The number of nitrogens with one attached hydrogen (secondary N) is 1. The Balaban J connectivity index is 1.60. The van der Waals surface area contributed by atoms with Crippen LogP contribution in [-0.2, 0) is 28.9 Å². The number of hydrogen-bond donors (Lipinski definition) is 3. The van der Waals surface area contributed by atoms with E-state index in [9.17, 15) is 19.5 Å². The fourth-order valence-corrected chi connectivity index (χ4v) is 4.89. The Kier molecular flexibility index (Phi) is 8.63. The Labute approximate surface area is 222 Å². The molecule has 0 radical (unpaired) electrons. The minimum absolute atomic E-state index is 0.0108. The second-order valence-electron chi connectivity index (χ2n) is 10.2. The molecule has 0 saturated heterocycles. The molecular weight excluding hydrogens is 484 g/mol. The number of carboxylic acid groups (broad SMARTS) is 1. The van der Waals surface area contributed by atoms with Gasteiger partial charge in [-0.15, -0.1) is 0 Å². The van der Waals surface area contributed by atoms with E-state index < -0.39 is 36.7 Å². The Bertz CT molecular complexity index is 1320. The summed E-state index contributed by atoms with van der Waals surface area (Å²) in [4.78, 5) is 39.2. The largest absolute Gasteiger partial charge is 0.479 e. The van der Waals surface area contributed by atoms with Gasteiger partial charge in [0.1, 0.15) is 11.8 Å².